The van der Waals surface area contributed by atoms with E-state index in [0.29, 0.717) is 6.61 Å². The van der Waals surface area contributed by atoms with Gasteiger partial charge in [-0.05, 0) is 53.9 Å². The molecule has 0 aliphatic carbocycles. The standard InChI is InChI=1S/C17H29BN2O4/c1-12-15(18-23-16(2,3)17(4,5)24-18)13(19-20(12)6)11-22-14-9-7-8-10-21-14/h14H,7-11H2,1-6H3. The summed E-state index contributed by atoms with van der Waals surface area (Å²) in [5, 5.41) is 4.61. The third kappa shape index (κ3) is 3.27. The van der Waals surface area contributed by atoms with Crippen LogP contribution in [0.5, 0.6) is 0 Å². The smallest absolute Gasteiger partial charge is 0.399 e. The Balaban J connectivity index is 1.78. The van der Waals surface area contributed by atoms with E-state index in [-0.39, 0.29) is 17.5 Å². The highest BCUT2D eigenvalue weighted by atomic mass is 16.7. The van der Waals surface area contributed by atoms with Crippen molar-refractivity contribution in [2.45, 2.75) is 78.0 Å². The fourth-order valence-electron chi connectivity index (χ4n) is 3.08. The molecule has 2 fully saturated rings. The van der Waals surface area contributed by atoms with Crippen LogP contribution in [-0.2, 0) is 32.4 Å². The maximum Gasteiger partial charge on any atom is 0.498 e. The monoisotopic (exact) mass is 336 g/mol. The molecule has 0 spiro atoms. The van der Waals surface area contributed by atoms with Gasteiger partial charge in [-0.1, -0.05) is 0 Å². The van der Waals surface area contributed by atoms with Gasteiger partial charge in [-0.2, -0.15) is 5.10 Å². The molecule has 7 heteroatoms. The Bertz CT molecular complexity index is 578. The molecule has 0 N–H and O–H groups in total. The Labute approximate surface area is 144 Å². The Morgan fingerprint density at radius 3 is 2.46 bits per heavy atom. The molecule has 6 nitrogen and oxygen atoms in total. The molecule has 1 aromatic heterocycles. The summed E-state index contributed by atoms with van der Waals surface area (Å²) in [7, 11) is 1.51. The highest BCUT2D eigenvalue weighted by Crippen LogP contribution is 2.37. The maximum atomic E-state index is 6.21. The maximum absolute atomic E-state index is 6.21. The molecule has 3 heterocycles. The molecule has 0 amide bonds. The van der Waals surface area contributed by atoms with Crippen molar-refractivity contribution in [1.82, 2.24) is 9.78 Å². The van der Waals surface area contributed by atoms with Crippen molar-refractivity contribution in [1.29, 1.82) is 0 Å². The first kappa shape index (κ1) is 17.9. The fourth-order valence-corrected chi connectivity index (χ4v) is 3.08. The summed E-state index contributed by atoms with van der Waals surface area (Å²) in [6.07, 6.45) is 3.07. The first-order chi connectivity index (χ1) is 11.2. The molecule has 2 saturated heterocycles. The van der Waals surface area contributed by atoms with Crippen LogP contribution in [0.4, 0.5) is 0 Å². The lowest BCUT2D eigenvalue weighted by molar-refractivity contribution is -0.169. The van der Waals surface area contributed by atoms with Crippen molar-refractivity contribution in [3.63, 3.8) is 0 Å². The number of hydrogen-bond acceptors (Lipinski definition) is 5. The van der Waals surface area contributed by atoms with Crippen LogP contribution >= 0.6 is 0 Å². The van der Waals surface area contributed by atoms with Crippen molar-refractivity contribution in [3.8, 4) is 0 Å². The van der Waals surface area contributed by atoms with Crippen LogP contribution in [0, 0.1) is 6.92 Å². The molecular weight excluding hydrogens is 307 g/mol. The highest BCUT2D eigenvalue weighted by Gasteiger charge is 2.53. The molecule has 0 radical (unpaired) electrons. The molecule has 1 atom stereocenters. The molecule has 2 aliphatic heterocycles. The summed E-state index contributed by atoms with van der Waals surface area (Å²) in [4.78, 5) is 0. The highest BCUT2D eigenvalue weighted by molar-refractivity contribution is 6.63. The number of ether oxygens (including phenoxy) is 2. The minimum absolute atomic E-state index is 0.132. The average molecular weight is 336 g/mol. The first-order valence-electron chi connectivity index (χ1n) is 8.82. The molecule has 3 rings (SSSR count). The van der Waals surface area contributed by atoms with Crippen molar-refractivity contribution in [2.24, 2.45) is 7.05 Å². The van der Waals surface area contributed by atoms with E-state index in [1.54, 1.807) is 0 Å². The lowest BCUT2D eigenvalue weighted by Gasteiger charge is -2.32. The number of hydrogen-bond donors (Lipinski definition) is 0. The molecule has 2 aliphatic rings. The van der Waals surface area contributed by atoms with E-state index in [2.05, 4.69) is 32.8 Å². The van der Waals surface area contributed by atoms with Crippen LogP contribution in [0.2, 0.25) is 0 Å². The minimum Gasteiger partial charge on any atom is -0.399 e. The molecule has 134 valence electrons. The van der Waals surface area contributed by atoms with E-state index in [0.717, 1.165) is 42.7 Å². The third-order valence-electron chi connectivity index (χ3n) is 5.49. The topological polar surface area (TPSA) is 54.7 Å². The van der Waals surface area contributed by atoms with Crippen molar-refractivity contribution in [2.75, 3.05) is 6.61 Å². The van der Waals surface area contributed by atoms with E-state index in [4.69, 9.17) is 18.8 Å². The largest absolute Gasteiger partial charge is 0.498 e. The zero-order valence-electron chi connectivity index (χ0n) is 15.7. The van der Waals surface area contributed by atoms with E-state index in [9.17, 15) is 0 Å². The molecule has 1 aromatic rings. The number of aromatic nitrogens is 2. The summed E-state index contributed by atoms with van der Waals surface area (Å²) < 4.78 is 25.9. The Hall–Kier alpha value is -0.885. The molecule has 24 heavy (non-hydrogen) atoms. The van der Waals surface area contributed by atoms with E-state index in [1.165, 1.54) is 0 Å². The SMILES string of the molecule is Cc1c(B2OC(C)(C)C(C)(C)O2)c(COC2CCCCO2)nn1C. The van der Waals surface area contributed by atoms with Crippen LogP contribution < -0.4 is 5.46 Å². The third-order valence-corrected chi connectivity index (χ3v) is 5.49. The van der Waals surface area contributed by atoms with Crippen molar-refractivity contribution >= 4 is 12.6 Å². The molecular formula is C17H29BN2O4. The summed E-state index contributed by atoms with van der Waals surface area (Å²) >= 11 is 0. The van der Waals surface area contributed by atoms with Gasteiger partial charge in [0.1, 0.15) is 0 Å². The van der Waals surface area contributed by atoms with Gasteiger partial charge in [0.25, 0.3) is 0 Å². The van der Waals surface area contributed by atoms with E-state index in [1.807, 2.05) is 18.7 Å². The summed E-state index contributed by atoms with van der Waals surface area (Å²) in [6.45, 7) is 11.5. The average Bonchev–Trinajstić information content (AvgIpc) is 2.91. The Morgan fingerprint density at radius 2 is 1.88 bits per heavy atom. The van der Waals surface area contributed by atoms with E-state index >= 15 is 0 Å². The van der Waals surface area contributed by atoms with Gasteiger partial charge in [0.05, 0.1) is 23.5 Å². The van der Waals surface area contributed by atoms with Gasteiger partial charge in [0.15, 0.2) is 6.29 Å². The van der Waals surface area contributed by atoms with Crippen LogP contribution in [0.3, 0.4) is 0 Å². The van der Waals surface area contributed by atoms with Crippen LogP contribution in [0.1, 0.15) is 58.3 Å². The predicted octanol–water partition coefficient (Wildman–Crippen LogP) is 2.07. The normalized spacial score (nSPS) is 26.1. The Morgan fingerprint density at radius 1 is 1.21 bits per heavy atom. The van der Waals surface area contributed by atoms with Gasteiger partial charge in [0.2, 0.25) is 0 Å². The zero-order chi connectivity index (χ0) is 17.5. The lowest BCUT2D eigenvalue weighted by atomic mass is 9.77. The molecule has 1 unspecified atom stereocenters. The van der Waals surface area contributed by atoms with Gasteiger partial charge in [0, 0.05) is 24.8 Å². The minimum atomic E-state index is -0.422. The zero-order valence-corrected chi connectivity index (χ0v) is 15.7. The summed E-state index contributed by atoms with van der Waals surface area (Å²) in [5.74, 6) is 0. The Kier molecular flexibility index (Phi) is 4.81. The van der Waals surface area contributed by atoms with Gasteiger partial charge in [-0.25, -0.2) is 0 Å². The second-order valence-corrected chi connectivity index (χ2v) is 7.76. The lowest BCUT2D eigenvalue weighted by Crippen LogP contribution is -2.41. The van der Waals surface area contributed by atoms with Gasteiger partial charge in [-0.15, -0.1) is 0 Å². The second-order valence-electron chi connectivity index (χ2n) is 7.76. The quantitative estimate of drug-likeness (QED) is 0.788. The molecule has 0 bridgehead atoms. The van der Waals surface area contributed by atoms with Crippen LogP contribution in [0.25, 0.3) is 0 Å². The number of rotatable bonds is 4. The van der Waals surface area contributed by atoms with Crippen LogP contribution in [-0.4, -0.2) is 41.0 Å². The predicted molar refractivity (Wildman–Crippen MR) is 92.0 cm³/mol. The van der Waals surface area contributed by atoms with E-state index < -0.39 is 7.12 Å². The van der Waals surface area contributed by atoms with Crippen molar-refractivity contribution < 1.29 is 18.8 Å². The van der Waals surface area contributed by atoms with Crippen molar-refractivity contribution in [3.05, 3.63) is 11.4 Å². The van der Waals surface area contributed by atoms with Gasteiger partial charge in [-0.3, -0.25) is 4.68 Å². The first-order valence-corrected chi connectivity index (χ1v) is 8.82. The van der Waals surface area contributed by atoms with Crippen LogP contribution in [0.15, 0.2) is 0 Å². The second kappa shape index (κ2) is 6.44. The number of nitrogens with zero attached hydrogens (tertiary/aromatic N) is 2. The number of aryl methyl sites for hydroxylation is 1. The molecule has 0 saturated carbocycles. The summed E-state index contributed by atoms with van der Waals surface area (Å²) in [5.41, 5.74) is 2.14. The van der Waals surface area contributed by atoms with Gasteiger partial charge < -0.3 is 18.8 Å². The fraction of sp³-hybridized carbons (Fsp3) is 0.824. The van der Waals surface area contributed by atoms with Gasteiger partial charge >= 0.3 is 7.12 Å². The molecule has 0 aromatic carbocycles. The summed E-state index contributed by atoms with van der Waals surface area (Å²) in [6, 6.07) is 0.